The van der Waals surface area contributed by atoms with Gasteiger partial charge in [-0.2, -0.15) is 4.98 Å². The molecule has 0 saturated heterocycles. The average molecular weight is 569 g/mol. The van der Waals surface area contributed by atoms with E-state index in [1.165, 1.54) is 37.6 Å². The van der Waals surface area contributed by atoms with Crippen molar-refractivity contribution in [1.29, 1.82) is 0 Å². The molecule has 0 saturated carbocycles. The molecule has 0 fully saturated rings. The Morgan fingerprint density at radius 1 is 1.10 bits per heavy atom. The molecule has 2 amide bonds. The number of amides is 2. The third-order valence-corrected chi connectivity index (χ3v) is 5.38. The Labute approximate surface area is 234 Å². The van der Waals surface area contributed by atoms with Crippen molar-refractivity contribution in [1.82, 2.24) is 20.3 Å². The molecule has 4 rings (SSSR count). The number of carbonyl (C=O) groups excluding carboxylic acids is 2. The number of hydrogen-bond donors (Lipinski definition) is 4. The highest BCUT2D eigenvalue weighted by Gasteiger charge is 2.16. The van der Waals surface area contributed by atoms with E-state index >= 15 is 0 Å². The molecule has 0 atom stereocenters. The van der Waals surface area contributed by atoms with Crippen molar-refractivity contribution in [3.05, 3.63) is 91.8 Å². The summed E-state index contributed by atoms with van der Waals surface area (Å²) in [4.78, 5) is 48.4. The van der Waals surface area contributed by atoms with Crippen molar-refractivity contribution in [3.63, 3.8) is 0 Å². The number of pyridine rings is 1. The Kier molecular flexibility index (Phi) is 11.9. The van der Waals surface area contributed by atoms with E-state index in [-0.39, 0.29) is 45.9 Å². The van der Waals surface area contributed by atoms with Crippen LogP contribution in [0.5, 0.6) is 6.01 Å². The van der Waals surface area contributed by atoms with Crippen LogP contribution in [0.1, 0.15) is 33.2 Å². The van der Waals surface area contributed by atoms with Crippen LogP contribution in [0.4, 0.5) is 5.69 Å². The molecule has 0 bridgehead atoms. The van der Waals surface area contributed by atoms with Gasteiger partial charge in [-0.3, -0.25) is 14.4 Å². The van der Waals surface area contributed by atoms with E-state index in [1.807, 2.05) is 13.0 Å². The number of hydrogen-bond acceptors (Lipinski definition) is 7. The van der Waals surface area contributed by atoms with Gasteiger partial charge >= 0.3 is 6.01 Å². The number of terminal acetylenes is 1. The zero-order valence-electron chi connectivity index (χ0n) is 21.1. The number of nitrogens with one attached hydrogen (secondary N) is 3. The molecule has 10 nitrogen and oxygen atoms in total. The Morgan fingerprint density at radius 2 is 1.82 bits per heavy atom. The van der Waals surface area contributed by atoms with E-state index in [0.29, 0.717) is 10.4 Å². The van der Waals surface area contributed by atoms with E-state index < -0.39 is 11.5 Å². The molecule has 2 aromatic heterocycles. The lowest BCUT2D eigenvalue weighted by Gasteiger charge is -2.11. The summed E-state index contributed by atoms with van der Waals surface area (Å²) in [5.74, 6) is -1.08. The zero-order chi connectivity index (χ0) is 28.9. The van der Waals surface area contributed by atoms with E-state index in [1.54, 1.807) is 18.2 Å². The third kappa shape index (κ3) is 8.55. The molecule has 12 heteroatoms. The molecule has 0 unspecified atom stereocenters. The second-order valence-electron chi connectivity index (χ2n) is 7.54. The van der Waals surface area contributed by atoms with Crippen molar-refractivity contribution in [3.8, 4) is 18.9 Å². The number of halogens is 2. The lowest BCUT2D eigenvalue weighted by Crippen LogP contribution is -2.24. The number of nitrogens with two attached hydrogens (primary N) is 1. The second kappa shape index (κ2) is 15.1. The molecule has 0 aliphatic carbocycles. The summed E-state index contributed by atoms with van der Waals surface area (Å²) in [5, 5.41) is 6.56. The van der Waals surface area contributed by atoms with Gasteiger partial charge in [0.2, 0.25) is 0 Å². The smallest absolute Gasteiger partial charge is 0.318 e. The largest absolute Gasteiger partial charge is 0.467 e. The van der Waals surface area contributed by atoms with Gasteiger partial charge in [-0.15, -0.1) is 12.8 Å². The number of anilines is 1. The molecule has 0 aliphatic rings. The molecule has 0 aliphatic heterocycles. The Bertz CT molecular complexity index is 1540. The number of nitrogens with zero attached hydrogens (tertiary/aromatic N) is 2. The highest BCUT2D eigenvalue weighted by atomic mass is 35.5. The van der Waals surface area contributed by atoms with Crippen LogP contribution in [0.2, 0.25) is 10.0 Å². The van der Waals surface area contributed by atoms with Gasteiger partial charge in [-0.25, -0.2) is 4.98 Å². The maximum atomic E-state index is 12.8. The maximum absolute atomic E-state index is 12.8. The molecule has 202 valence electrons. The van der Waals surface area contributed by atoms with Gasteiger partial charge in [0.15, 0.2) is 0 Å². The van der Waals surface area contributed by atoms with Gasteiger partial charge in [-0.1, -0.05) is 42.3 Å². The van der Waals surface area contributed by atoms with Crippen molar-refractivity contribution in [2.24, 2.45) is 5.73 Å². The lowest BCUT2D eigenvalue weighted by atomic mass is 10.1. The number of carbonyl (C=O) groups is 2. The van der Waals surface area contributed by atoms with Crippen LogP contribution < -0.4 is 26.7 Å². The van der Waals surface area contributed by atoms with E-state index in [0.717, 1.165) is 12.1 Å². The van der Waals surface area contributed by atoms with E-state index in [4.69, 9.17) is 33.7 Å². The molecule has 2 heterocycles. The van der Waals surface area contributed by atoms with Gasteiger partial charge < -0.3 is 26.1 Å². The fraction of sp³-hybridized carbons (Fsp3) is 0.148. The fourth-order valence-electron chi connectivity index (χ4n) is 3.13. The zero-order valence-corrected chi connectivity index (χ0v) is 22.6. The fourth-order valence-corrected chi connectivity index (χ4v) is 3.50. The van der Waals surface area contributed by atoms with Gasteiger partial charge in [0.05, 0.1) is 17.8 Å². The number of methoxy groups -OCH3 is 1. The van der Waals surface area contributed by atoms with Crippen LogP contribution in [0.15, 0.2) is 59.5 Å². The van der Waals surface area contributed by atoms with E-state index in [2.05, 4.69) is 38.4 Å². The van der Waals surface area contributed by atoms with E-state index in [9.17, 15) is 14.4 Å². The Hall–Kier alpha value is -4.43. The lowest BCUT2D eigenvalue weighted by molar-refractivity contribution is 0.0949. The number of aromatic amines is 1. The Balaban J connectivity index is 0.000000998. The first-order valence-electron chi connectivity index (χ1n) is 11.4. The minimum Gasteiger partial charge on any atom is -0.467 e. The predicted octanol–water partition coefficient (Wildman–Crippen LogP) is 4.03. The summed E-state index contributed by atoms with van der Waals surface area (Å²) in [6.07, 6.45) is 9.42. The van der Waals surface area contributed by atoms with Crippen molar-refractivity contribution >= 4 is 51.7 Å². The summed E-state index contributed by atoms with van der Waals surface area (Å²) in [6.45, 7) is 2.92. The van der Waals surface area contributed by atoms with Crippen LogP contribution >= 0.6 is 23.2 Å². The number of benzene rings is 2. The molecule has 5 N–H and O–H groups in total. The number of H-pyrrole nitrogens is 1. The standard InChI is InChI=1S/C23H17Cl2N5O4.C2H7N.C2H2/c1-34-23-27-11-14-8-16(22(33)29-19(14)30-23)21(32)28-18-9-13(5-6-17(18)25)20(31)26-10-12-3-2-4-15(24)7-12;1-2-3;1-2/h2-9,11H,10H2,1H3,(H,26,31)(H,28,32)(H,27,29,30,33);2-3H2,1H3;1-2H. The summed E-state index contributed by atoms with van der Waals surface area (Å²) < 4.78 is 4.93. The normalized spacial score (nSPS) is 9.82. The first-order valence-corrected chi connectivity index (χ1v) is 12.1. The molecule has 0 radical (unpaired) electrons. The molecule has 2 aromatic carbocycles. The summed E-state index contributed by atoms with van der Waals surface area (Å²) in [6, 6.07) is 13.0. The van der Waals surface area contributed by atoms with Crippen LogP contribution in [0.3, 0.4) is 0 Å². The van der Waals surface area contributed by atoms with Crippen LogP contribution in [0.25, 0.3) is 11.0 Å². The molecule has 39 heavy (non-hydrogen) atoms. The van der Waals surface area contributed by atoms with Crippen LogP contribution in [-0.4, -0.2) is 40.4 Å². The summed E-state index contributed by atoms with van der Waals surface area (Å²) >= 11 is 12.2. The molecule has 0 spiro atoms. The highest BCUT2D eigenvalue weighted by molar-refractivity contribution is 6.34. The number of fused-ring (bicyclic) bond motifs is 1. The Morgan fingerprint density at radius 3 is 2.49 bits per heavy atom. The highest BCUT2D eigenvalue weighted by Crippen LogP contribution is 2.24. The maximum Gasteiger partial charge on any atom is 0.318 e. The van der Waals surface area contributed by atoms with Crippen molar-refractivity contribution < 1.29 is 14.3 Å². The van der Waals surface area contributed by atoms with Crippen molar-refractivity contribution in [2.75, 3.05) is 19.0 Å². The third-order valence-electron chi connectivity index (χ3n) is 4.82. The van der Waals surface area contributed by atoms with Crippen LogP contribution in [-0.2, 0) is 6.54 Å². The first-order chi connectivity index (χ1) is 18.7. The van der Waals surface area contributed by atoms with Gasteiger partial charge in [0.25, 0.3) is 17.4 Å². The van der Waals surface area contributed by atoms with Gasteiger partial charge in [0, 0.05) is 28.7 Å². The first kappa shape index (κ1) is 30.8. The molecular weight excluding hydrogens is 543 g/mol. The number of rotatable bonds is 6. The van der Waals surface area contributed by atoms with Crippen molar-refractivity contribution in [2.45, 2.75) is 13.5 Å². The predicted molar refractivity (Wildman–Crippen MR) is 153 cm³/mol. The topological polar surface area (TPSA) is 152 Å². The monoisotopic (exact) mass is 568 g/mol. The SMILES string of the molecule is C#C.CCN.COc1ncc2cc(C(=O)Nc3cc(C(=O)NCc4cccc(Cl)c4)ccc3Cl)c(=O)[nH]c2n1. The second-order valence-corrected chi connectivity index (χ2v) is 8.39. The quantitative estimate of drug-likeness (QED) is 0.256. The molecule has 4 aromatic rings. The minimum absolute atomic E-state index is 0.0811. The number of ether oxygens (including phenoxy) is 1. The number of aromatic nitrogens is 3. The van der Waals surface area contributed by atoms with Gasteiger partial charge in [-0.05, 0) is 48.5 Å². The summed E-state index contributed by atoms with van der Waals surface area (Å²) in [7, 11) is 1.40. The molecular formula is C27H26Cl2N6O4. The minimum atomic E-state index is -0.711. The average Bonchev–Trinajstić information content (AvgIpc) is 2.93. The van der Waals surface area contributed by atoms with Crippen LogP contribution in [0, 0.1) is 12.8 Å². The summed E-state index contributed by atoms with van der Waals surface area (Å²) in [5.41, 5.74) is 5.53. The van der Waals surface area contributed by atoms with Gasteiger partial charge in [0.1, 0.15) is 11.2 Å².